The van der Waals surface area contributed by atoms with Gasteiger partial charge in [-0.15, -0.1) is 0 Å². The number of rotatable bonds is 41. The highest BCUT2D eigenvalue weighted by Gasteiger charge is 2.78. The average molecular weight is 1470 g/mol. The summed E-state index contributed by atoms with van der Waals surface area (Å²) in [4.78, 5) is 104. The van der Waals surface area contributed by atoms with Gasteiger partial charge in [0, 0.05) is 86.9 Å². The number of carbonyl (C=O) groups excluding carboxylic acids is 8. The first-order valence-electron chi connectivity index (χ1n) is 30.5. The zero-order valence-electron chi connectivity index (χ0n) is 55.1. The molecule has 0 radical (unpaired) electrons. The van der Waals surface area contributed by atoms with Gasteiger partial charge < -0.3 is 87.3 Å². The van der Waals surface area contributed by atoms with Gasteiger partial charge in [-0.25, -0.2) is 38.4 Å². The Morgan fingerprint density at radius 3 is 0.688 bits per heavy atom. The summed E-state index contributed by atoms with van der Waals surface area (Å²) in [6.07, 6.45) is -0.217. The molecule has 4 atom stereocenters. The van der Waals surface area contributed by atoms with Gasteiger partial charge in [-0.2, -0.15) is 0 Å². The van der Waals surface area contributed by atoms with Crippen LogP contribution in [0.1, 0.15) is 107 Å². The molecule has 0 aromatic carbocycles. The minimum atomic E-state index is -4.99. The van der Waals surface area contributed by atoms with E-state index in [1.807, 2.05) is 0 Å². The summed E-state index contributed by atoms with van der Waals surface area (Å²) in [5, 5.41) is 0. The van der Waals surface area contributed by atoms with E-state index in [1.54, 1.807) is 0 Å². The largest absolute Gasteiger partial charge is 0.479 e. The lowest BCUT2D eigenvalue weighted by atomic mass is 10.4. The molecule has 6 bridgehead atoms. The Balaban J connectivity index is 2.28. The van der Waals surface area contributed by atoms with Crippen molar-refractivity contribution in [2.45, 2.75) is 155 Å². The predicted octanol–water partition coefficient (Wildman–Crippen LogP) is 6.39. The molecule has 4 aliphatic heterocycles. The van der Waals surface area contributed by atoms with E-state index >= 15 is 0 Å². The number of carbonyl (C=O) groups is 8. The van der Waals surface area contributed by atoms with E-state index in [1.165, 1.54) is 55.4 Å². The molecule has 4 rings (SSSR count). The van der Waals surface area contributed by atoms with Crippen molar-refractivity contribution in [3.05, 3.63) is 97.2 Å². The number of hydrogen-bond donors (Lipinski definition) is 0. The molecule has 4 unspecified atom stereocenters. The third-order valence-corrected chi connectivity index (χ3v) is 50.9. The van der Waals surface area contributed by atoms with E-state index in [2.05, 4.69) is 52.6 Å². The third-order valence-electron chi connectivity index (χ3n) is 13.4. The Morgan fingerprint density at radius 1 is 0.290 bits per heavy atom. The van der Waals surface area contributed by atoms with Crippen molar-refractivity contribution >= 4 is 129 Å². The SMILES string of the molecule is C=C(C)C(=O)OCCC[SiH]1O[Si]2(CCCOC(=O)C(=C)C)O[Si]3(CCCOC(=O)C(=C)C)O[Si](CCCOC(=O)C(=C)C)(O[SiH3])O[Si]4(CCCOC(=O)C(=C)C)O[Si](CCCOC(=O)C(=C)C)(O1)O[Si](CCCOC(=O)C(=C)C)(O2)O[Si](CCCOC(=O)C(=C)C)(O3)O4. The lowest BCUT2D eigenvalue weighted by Gasteiger charge is -2.60. The van der Waals surface area contributed by atoms with Gasteiger partial charge in [-0.3, -0.25) is 0 Å². The molecule has 28 nitrogen and oxygen atoms in total. The maximum Gasteiger partial charge on any atom is 0.479 e. The van der Waals surface area contributed by atoms with E-state index < -0.39 is 119 Å². The van der Waals surface area contributed by atoms with Crippen molar-refractivity contribution in [1.82, 2.24) is 0 Å². The molecule has 4 saturated heterocycles. The molecule has 0 amide bonds. The minimum Gasteiger partial charge on any atom is -0.462 e. The van der Waals surface area contributed by atoms with Crippen molar-refractivity contribution in [2.24, 2.45) is 0 Å². The molecule has 4 heterocycles. The van der Waals surface area contributed by atoms with Crippen molar-refractivity contribution in [2.75, 3.05) is 52.9 Å². The van der Waals surface area contributed by atoms with Crippen LogP contribution in [0.25, 0.3) is 0 Å². The van der Waals surface area contributed by atoms with Crippen LogP contribution in [0, 0.1) is 0 Å². The summed E-state index contributed by atoms with van der Waals surface area (Å²) in [5.41, 5.74) is 0.934. The molecule has 93 heavy (non-hydrogen) atoms. The second kappa shape index (κ2) is 37.0. The highest BCUT2D eigenvalue weighted by atomic mass is 28.6. The fourth-order valence-corrected chi connectivity index (χ4v) is 57.2. The van der Waals surface area contributed by atoms with E-state index in [4.69, 9.17) is 87.3 Å². The maximum absolute atomic E-state index is 13.1. The van der Waals surface area contributed by atoms with Crippen LogP contribution in [-0.2, 0) is 126 Å². The lowest BCUT2D eigenvalue weighted by molar-refractivity contribution is -0.139. The smallest absolute Gasteiger partial charge is 0.462 e. The molecule has 0 spiro atoms. The van der Waals surface area contributed by atoms with Crippen LogP contribution in [0.3, 0.4) is 0 Å². The highest BCUT2D eigenvalue weighted by molar-refractivity contribution is 7.00. The lowest BCUT2D eigenvalue weighted by Crippen LogP contribution is -2.84. The summed E-state index contributed by atoms with van der Waals surface area (Å²) in [5.74, 6) is -5.58. The van der Waals surface area contributed by atoms with Gasteiger partial charge in [0.1, 0.15) is 10.5 Å². The maximum atomic E-state index is 13.1. The Bertz CT molecular complexity index is 2720. The quantitative estimate of drug-likeness (QED) is 0.0210. The highest BCUT2D eigenvalue weighted by Crippen LogP contribution is 2.51. The zero-order chi connectivity index (χ0) is 69.4. The van der Waals surface area contributed by atoms with Crippen LogP contribution in [0.2, 0.25) is 48.4 Å². The van der Waals surface area contributed by atoms with Crippen molar-refractivity contribution in [3.8, 4) is 0 Å². The topological polar surface area (TPSA) is 321 Å². The van der Waals surface area contributed by atoms with Crippen molar-refractivity contribution < 1.29 is 126 Å². The fraction of sp³-hybridized carbons (Fsp3) is 0.571. The van der Waals surface area contributed by atoms with Crippen LogP contribution in [0.4, 0.5) is 0 Å². The number of fused-ring (bicyclic) bond motifs is 4. The van der Waals surface area contributed by atoms with Crippen molar-refractivity contribution in [1.29, 1.82) is 0 Å². The average Bonchev–Trinajstić information content (AvgIpc) is 0.705. The Hall–Kier alpha value is -4.85. The first-order chi connectivity index (χ1) is 43.6. The molecule has 0 saturated carbocycles. The second-order valence-corrected chi connectivity index (χ2v) is 48.1. The molecule has 4 fully saturated rings. The summed E-state index contributed by atoms with van der Waals surface area (Å²) in [6.45, 7) is 39.7. The third kappa shape index (κ3) is 25.6. The van der Waals surface area contributed by atoms with Crippen LogP contribution in [-0.4, -0.2) is 182 Å². The van der Waals surface area contributed by atoms with Crippen LogP contribution < -0.4 is 0 Å². The van der Waals surface area contributed by atoms with Crippen molar-refractivity contribution in [3.63, 3.8) is 0 Å². The first-order valence-corrected chi connectivity index (χ1v) is 46.6. The van der Waals surface area contributed by atoms with Gasteiger partial charge in [-0.1, -0.05) is 52.6 Å². The molecule has 0 aromatic rings. The predicted molar refractivity (Wildman–Crippen MR) is 352 cm³/mol. The van der Waals surface area contributed by atoms with Gasteiger partial charge in [0.25, 0.3) is 0 Å². The fourth-order valence-electron chi connectivity index (χ4n) is 8.88. The minimum absolute atomic E-state index is 0.00624. The van der Waals surface area contributed by atoms with E-state index in [-0.39, 0.29) is 208 Å². The van der Waals surface area contributed by atoms with E-state index in [9.17, 15) is 38.4 Å². The Labute approximate surface area is 557 Å². The second-order valence-electron chi connectivity index (χ2n) is 22.8. The molecular weight excluding hydrogens is 1370 g/mol. The molecule has 520 valence electrons. The molecule has 0 N–H and O–H groups in total. The number of esters is 8. The summed E-state index contributed by atoms with van der Waals surface area (Å²) in [7, 11) is -38.1. The first kappa shape index (κ1) is 80.6. The number of ether oxygens (including phenoxy) is 8. The molecule has 0 aromatic heterocycles. The van der Waals surface area contributed by atoms with Gasteiger partial charge in [0.2, 0.25) is 0 Å². The molecule has 0 aliphatic carbocycles. The normalized spacial score (nSPS) is 26.1. The van der Waals surface area contributed by atoms with E-state index in [0.29, 0.717) is 0 Å². The summed E-state index contributed by atoms with van der Waals surface area (Å²) >= 11 is 0. The van der Waals surface area contributed by atoms with Crippen LogP contribution in [0.5, 0.6) is 0 Å². The van der Waals surface area contributed by atoms with E-state index in [0.717, 1.165) is 0 Å². The summed E-state index contributed by atoms with van der Waals surface area (Å²) < 4.78 is 137. The monoisotopic (exact) mass is 1460 g/mol. The van der Waals surface area contributed by atoms with Gasteiger partial charge in [-0.05, 0) is 113 Å². The Morgan fingerprint density at radius 2 is 0.473 bits per heavy atom. The van der Waals surface area contributed by atoms with Gasteiger partial charge >= 0.3 is 119 Å². The standard InChI is InChI=1S/C56H92O28Si9/c1-41(2)49(57)65-25-17-33-86-74-88(35-19-27-67-51(59)43(5)6)78-90(37-21-29-69-53(61)45(9)10)76-87(73-85,34-18-26-66-50(58)42(3)4)77-91(38-22-30-70-54(62)46(11)12)79-89(75-86,36-20-28-68-52(60)44(7)8)81-92(80-88,39-23-31-71-55(63)47(13)14)84-93(82-90,83-91)40-24-32-72-56(64)48(15)16/h86H,1,3,5,7,9,11,13,15,17-40H2,2,4,6,8,10,12,14,16,85H3. The van der Waals surface area contributed by atoms with Gasteiger partial charge in [0.15, 0.2) is 0 Å². The van der Waals surface area contributed by atoms with Gasteiger partial charge in [0.05, 0.1) is 52.9 Å². The number of hydrogen-bond acceptors (Lipinski definition) is 28. The Kier molecular flexibility index (Phi) is 32.1. The van der Waals surface area contributed by atoms with Crippen LogP contribution >= 0.6 is 0 Å². The zero-order valence-corrected chi connectivity index (χ0v) is 65.3. The summed E-state index contributed by atoms with van der Waals surface area (Å²) in [6, 6.07) is -1.60. The molecule has 37 heteroatoms. The van der Waals surface area contributed by atoms with Crippen LogP contribution in [0.15, 0.2) is 97.2 Å². The molecule has 4 aliphatic rings. The molecular formula is C56H92O28Si9.